The highest BCUT2D eigenvalue weighted by molar-refractivity contribution is 6.03. The van der Waals surface area contributed by atoms with Gasteiger partial charge in [0.2, 0.25) is 0 Å². The van der Waals surface area contributed by atoms with Gasteiger partial charge in [0.15, 0.2) is 11.4 Å². The van der Waals surface area contributed by atoms with Gasteiger partial charge in [-0.3, -0.25) is 0 Å². The van der Waals surface area contributed by atoms with E-state index in [1.165, 1.54) is 12.3 Å². The van der Waals surface area contributed by atoms with Crippen molar-refractivity contribution in [3.63, 3.8) is 0 Å². The minimum atomic E-state index is -1.03. The van der Waals surface area contributed by atoms with Crippen LogP contribution in [0.25, 0.3) is 0 Å². The molecule has 0 amide bonds. The van der Waals surface area contributed by atoms with Gasteiger partial charge in [0.25, 0.3) is 0 Å². The molecule has 0 saturated heterocycles. The van der Waals surface area contributed by atoms with E-state index in [9.17, 15) is 9.90 Å². The summed E-state index contributed by atoms with van der Waals surface area (Å²) >= 11 is 0. The van der Waals surface area contributed by atoms with Crippen LogP contribution in [0.15, 0.2) is 17.3 Å². The number of nitrogens with zero attached hydrogens (tertiary/aromatic N) is 2. The van der Waals surface area contributed by atoms with Crippen LogP contribution in [0.2, 0.25) is 0 Å². The Balaban J connectivity index is 1.96. The Morgan fingerprint density at radius 2 is 2.12 bits per heavy atom. The molecule has 1 atom stereocenters. The Bertz CT molecular complexity index is 651. The van der Waals surface area contributed by atoms with Crippen LogP contribution >= 0.6 is 0 Å². The number of aromatic hydroxyl groups is 1. The zero-order chi connectivity index (χ0) is 19.0. The molecule has 144 valence electrons. The standard InChI is InChI=1S/C17H25N3O6/c1-4-25-16(22)17(2)11-19-15(20-17)14-13(21)9-12(10-18-14)26-8-7-24-6-5-23-3/h9-10,21H,4-8,11H2,1-3H3,(H,19,20). The van der Waals surface area contributed by atoms with Crippen molar-refractivity contribution >= 4 is 11.8 Å². The van der Waals surface area contributed by atoms with E-state index < -0.39 is 11.5 Å². The third-order valence-corrected chi connectivity index (χ3v) is 3.67. The Morgan fingerprint density at radius 3 is 2.81 bits per heavy atom. The Morgan fingerprint density at radius 1 is 1.35 bits per heavy atom. The normalized spacial score (nSPS) is 19.0. The van der Waals surface area contributed by atoms with Crippen LogP contribution < -0.4 is 10.1 Å². The summed E-state index contributed by atoms with van der Waals surface area (Å²) in [6.07, 6.45) is 1.48. The molecule has 0 radical (unpaired) electrons. The van der Waals surface area contributed by atoms with Gasteiger partial charge in [-0.15, -0.1) is 0 Å². The molecule has 0 bridgehead atoms. The molecule has 2 N–H and O–H groups in total. The van der Waals surface area contributed by atoms with E-state index in [0.717, 1.165) is 0 Å². The number of carbonyl (C=O) groups excluding carboxylic acids is 1. The lowest BCUT2D eigenvalue weighted by atomic mass is 10.1. The molecule has 0 spiro atoms. The van der Waals surface area contributed by atoms with Crippen molar-refractivity contribution in [2.45, 2.75) is 19.4 Å². The molecule has 0 aliphatic carbocycles. The molecular formula is C17H25N3O6. The van der Waals surface area contributed by atoms with Crippen molar-refractivity contribution in [1.29, 1.82) is 0 Å². The molecule has 1 unspecified atom stereocenters. The predicted octanol–water partition coefficient (Wildman–Crippen LogP) is 0.501. The maximum absolute atomic E-state index is 12.0. The lowest BCUT2D eigenvalue weighted by molar-refractivity contribution is -0.148. The number of nitrogens with one attached hydrogen (secondary N) is 1. The van der Waals surface area contributed by atoms with E-state index >= 15 is 0 Å². The highest BCUT2D eigenvalue weighted by Crippen LogP contribution is 2.25. The summed E-state index contributed by atoms with van der Waals surface area (Å²) in [7, 11) is 1.61. The highest BCUT2D eigenvalue weighted by Gasteiger charge is 2.40. The number of hydrogen-bond acceptors (Lipinski definition) is 9. The Labute approximate surface area is 152 Å². The van der Waals surface area contributed by atoms with Crippen LogP contribution in [0.1, 0.15) is 19.5 Å². The van der Waals surface area contributed by atoms with Crippen LogP contribution in [0.3, 0.4) is 0 Å². The van der Waals surface area contributed by atoms with E-state index in [1.807, 2.05) is 0 Å². The van der Waals surface area contributed by atoms with E-state index in [1.54, 1.807) is 21.0 Å². The largest absolute Gasteiger partial charge is 0.505 e. The minimum absolute atomic E-state index is 0.0952. The first-order chi connectivity index (χ1) is 12.5. The monoisotopic (exact) mass is 367 g/mol. The second-order valence-corrected chi connectivity index (χ2v) is 5.80. The summed E-state index contributed by atoms with van der Waals surface area (Å²) in [6.45, 7) is 5.71. The average molecular weight is 367 g/mol. The van der Waals surface area contributed by atoms with Gasteiger partial charge in [-0.1, -0.05) is 0 Å². The van der Waals surface area contributed by atoms with Gasteiger partial charge in [0.1, 0.15) is 23.8 Å². The molecule has 0 saturated carbocycles. The van der Waals surface area contributed by atoms with Crippen LogP contribution in [-0.2, 0) is 19.0 Å². The van der Waals surface area contributed by atoms with Crippen LogP contribution in [0.4, 0.5) is 0 Å². The topological polar surface area (TPSA) is 112 Å². The second kappa shape index (κ2) is 9.35. The molecule has 1 aliphatic heterocycles. The van der Waals surface area contributed by atoms with Gasteiger partial charge in [-0.25, -0.2) is 14.8 Å². The van der Waals surface area contributed by atoms with Gasteiger partial charge in [0, 0.05) is 13.2 Å². The quantitative estimate of drug-likeness (QED) is 0.454. The lowest BCUT2D eigenvalue weighted by Gasteiger charge is -2.16. The van der Waals surface area contributed by atoms with Gasteiger partial charge in [-0.2, -0.15) is 0 Å². The summed E-state index contributed by atoms with van der Waals surface area (Å²) in [5.41, 5.74) is -0.782. The predicted molar refractivity (Wildman–Crippen MR) is 93.7 cm³/mol. The molecular weight excluding hydrogens is 342 g/mol. The summed E-state index contributed by atoms with van der Waals surface area (Å²) < 4.78 is 20.7. The first-order valence-corrected chi connectivity index (χ1v) is 8.40. The number of aromatic nitrogens is 1. The van der Waals surface area contributed by atoms with Gasteiger partial charge < -0.3 is 29.4 Å². The number of hydrogen-bond donors (Lipinski definition) is 2. The second-order valence-electron chi connectivity index (χ2n) is 5.80. The zero-order valence-electron chi connectivity index (χ0n) is 15.3. The highest BCUT2D eigenvalue weighted by atomic mass is 16.5. The van der Waals surface area contributed by atoms with Crippen molar-refractivity contribution in [3.05, 3.63) is 18.0 Å². The third-order valence-electron chi connectivity index (χ3n) is 3.67. The maximum atomic E-state index is 12.0. The van der Waals surface area contributed by atoms with Crippen molar-refractivity contribution in [2.24, 2.45) is 4.99 Å². The van der Waals surface area contributed by atoms with Gasteiger partial charge in [-0.05, 0) is 13.8 Å². The molecule has 2 rings (SSSR count). The molecule has 0 aromatic carbocycles. The van der Waals surface area contributed by atoms with Crippen LogP contribution in [0.5, 0.6) is 11.5 Å². The number of aliphatic imine (C=N–C) groups is 1. The van der Waals surface area contributed by atoms with Crippen molar-refractivity contribution in [3.8, 4) is 11.5 Å². The molecule has 1 aliphatic rings. The molecule has 2 heterocycles. The lowest BCUT2D eigenvalue weighted by Crippen LogP contribution is -2.39. The van der Waals surface area contributed by atoms with Crippen molar-refractivity contribution in [1.82, 2.24) is 10.3 Å². The summed E-state index contributed by atoms with van der Waals surface area (Å²) in [5.74, 6) is 0.235. The maximum Gasteiger partial charge on any atom is 0.335 e. The number of rotatable bonds is 10. The van der Waals surface area contributed by atoms with E-state index in [2.05, 4.69) is 15.3 Å². The Kier molecular flexibility index (Phi) is 7.16. The number of amidine groups is 1. The molecule has 9 heteroatoms. The van der Waals surface area contributed by atoms with E-state index in [-0.39, 0.29) is 24.6 Å². The zero-order valence-corrected chi connectivity index (χ0v) is 15.3. The summed E-state index contributed by atoms with van der Waals surface area (Å²) in [6, 6.07) is 1.45. The van der Waals surface area contributed by atoms with Gasteiger partial charge >= 0.3 is 5.97 Å². The number of esters is 1. The van der Waals surface area contributed by atoms with Crippen molar-refractivity contribution < 1.29 is 28.8 Å². The fourth-order valence-electron chi connectivity index (χ4n) is 2.28. The van der Waals surface area contributed by atoms with E-state index in [0.29, 0.717) is 38.0 Å². The summed E-state index contributed by atoms with van der Waals surface area (Å²) in [5, 5.41) is 13.2. The fraction of sp³-hybridized carbons (Fsp3) is 0.588. The molecule has 9 nitrogen and oxygen atoms in total. The molecule has 1 aromatic rings. The third kappa shape index (κ3) is 5.06. The number of pyridine rings is 1. The molecule has 1 aromatic heterocycles. The van der Waals surface area contributed by atoms with Crippen LogP contribution in [0, 0.1) is 0 Å². The number of ether oxygens (including phenoxy) is 4. The molecule has 0 fully saturated rings. The first-order valence-electron chi connectivity index (χ1n) is 8.40. The smallest absolute Gasteiger partial charge is 0.335 e. The number of methoxy groups -OCH3 is 1. The molecule has 26 heavy (non-hydrogen) atoms. The summed E-state index contributed by atoms with van der Waals surface area (Å²) in [4.78, 5) is 20.5. The van der Waals surface area contributed by atoms with Gasteiger partial charge in [0.05, 0.1) is 39.2 Å². The average Bonchev–Trinajstić information content (AvgIpc) is 3.02. The SMILES string of the molecule is CCOC(=O)C1(C)CNC(c2ncc(OCCOCCOC)cc2O)=N1. The van der Waals surface area contributed by atoms with Crippen LogP contribution in [-0.4, -0.2) is 74.1 Å². The van der Waals surface area contributed by atoms with Crippen molar-refractivity contribution in [2.75, 3.05) is 46.7 Å². The van der Waals surface area contributed by atoms with E-state index in [4.69, 9.17) is 18.9 Å². The Hall–Kier alpha value is -2.39. The fourth-order valence-corrected chi connectivity index (χ4v) is 2.28. The first kappa shape index (κ1) is 19.9. The number of carbonyl (C=O) groups is 1. The minimum Gasteiger partial charge on any atom is -0.505 e.